The van der Waals surface area contributed by atoms with Gasteiger partial charge < -0.3 is 15.0 Å². The van der Waals surface area contributed by atoms with Crippen LogP contribution in [-0.4, -0.2) is 35.9 Å². The van der Waals surface area contributed by atoms with Crippen molar-refractivity contribution in [2.24, 2.45) is 0 Å². The molecule has 0 aliphatic heterocycles. The van der Waals surface area contributed by atoms with E-state index in [0.29, 0.717) is 18.8 Å². The number of hydrogen-bond acceptors (Lipinski definition) is 3. The van der Waals surface area contributed by atoms with Crippen molar-refractivity contribution in [1.29, 1.82) is 0 Å². The van der Waals surface area contributed by atoms with Gasteiger partial charge in [0.2, 0.25) is 5.91 Å². The van der Waals surface area contributed by atoms with E-state index >= 15 is 0 Å². The van der Waals surface area contributed by atoms with Gasteiger partial charge in [0.25, 0.3) is 5.91 Å². The van der Waals surface area contributed by atoms with E-state index in [4.69, 9.17) is 4.74 Å². The Balaban J connectivity index is 2.11. The van der Waals surface area contributed by atoms with Crippen LogP contribution in [0.1, 0.15) is 31.9 Å². The number of benzene rings is 2. The molecule has 0 radical (unpaired) electrons. The van der Waals surface area contributed by atoms with Gasteiger partial charge in [0.05, 0.1) is 0 Å². The number of carbonyl (C=O) groups excluding carboxylic acids is 2. The maximum atomic E-state index is 12.9. The summed E-state index contributed by atoms with van der Waals surface area (Å²) in [5.41, 5.74) is 2.14. The van der Waals surface area contributed by atoms with E-state index in [2.05, 4.69) is 28.2 Å². The van der Waals surface area contributed by atoms with E-state index in [0.717, 1.165) is 16.5 Å². The SMILES string of the molecule is CCNC(=O)[C@@H](C)N(Cc1cccc(Br)c1)C(=O)COc1ccc(CC)cc1. The van der Waals surface area contributed by atoms with Crippen LogP contribution in [0.2, 0.25) is 0 Å². The highest BCUT2D eigenvalue weighted by Gasteiger charge is 2.26. The number of likely N-dealkylation sites (N-methyl/N-ethyl adjacent to an activating group) is 1. The molecule has 0 unspecified atom stereocenters. The molecule has 0 fully saturated rings. The summed E-state index contributed by atoms with van der Waals surface area (Å²) in [6, 6.07) is 14.8. The molecular weight excluding hydrogens is 420 g/mol. The smallest absolute Gasteiger partial charge is 0.261 e. The van der Waals surface area contributed by atoms with E-state index in [-0.39, 0.29) is 18.4 Å². The normalized spacial score (nSPS) is 11.6. The van der Waals surface area contributed by atoms with Gasteiger partial charge in [0.1, 0.15) is 11.8 Å². The van der Waals surface area contributed by atoms with Crippen molar-refractivity contribution in [2.75, 3.05) is 13.2 Å². The van der Waals surface area contributed by atoms with Crippen molar-refractivity contribution in [3.05, 3.63) is 64.1 Å². The van der Waals surface area contributed by atoms with Gasteiger partial charge in [0, 0.05) is 17.6 Å². The van der Waals surface area contributed by atoms with Gasteiger partial charge in [-0.15, -0.1) is 0 Å². The van der Waals surface area contributed by atoms with Crippen LogP contribution in [0.25, 0.3) is 0 Å². The Labute approximate surface area is 175 Å². The molecule has 0 aromatic heterocycles. The number of aryl methyl sites for hydroxylation is 1. The molecule has 150 valence electrons. The van der Waals surface area contributed by atoms with Crippen LogP contribution in [0.4, 0.5) is 0 Å². The van der Waals surface area contributed by atoms with Gasteiger partial charge in [-0.1, -0.05) is 47.1 Å². The van der Waals surface area contributed by atoms with Gasteiger partial charge in [-0.25, -0.2) is 0 Å². The van der Waals surface area contributed by atoms with Crippen LogP contribution >= 0.6 is 15.9 Å². The Bertz CT molecular complexity index is 793. The predicted octanol–water partition coefficient (Wildman–Crippen LogP) is 3.94. The third kappa shape index (κ3) is 6.37. The van der Waals surface area contributed by atoms with Gasteiger partial charge >= 0.3 is 0 Å². The minimum absolute atomic E-state index is 0.122. The summed E-state index contributed by atoms with van der Waals surface area (Å²) in [7, 11) is 0. The minimum atomic E-state index is -0.600. The molecule has 2 aromatic rings. The molecule has 2 amide bonds. The molecule has 0 saturated carbocycles. The Morgan fingerprint density at radius 1 is 1.11 bits per heavy atom. The lowest BCUT2D eigenvalue weighted by atomic mass is 10.1. The zero-order valence-corrected chi connectivity index (χ0v) is 18.2. The van der Waals surface area contributed by atoms with E-state index < -0.39 is 6.04 Å². The molecule has 0 saturated heterocycles. The van der Waals surface area contributed by atoms with Crippen molar-refractivity contribution in [1.82, 2.24) is 10.2 Å². The Hall–Kier alpha value is -2.34. The summed E-state index contributed by atoms with van der Waals surface area (Å²) in [6.45, 7) is 6.40. The van der Waals surface area contributed by atoms with Crippen molar-refractivity contribution < 1.29 is 14.3 Å². The minimum Gasteiger partial charge on any atom is -0.484 e. The van der Waals surface area contributed by atoms with Crippen LogP contribution in [-0.2, 0) is 22.6 Å². The van der Waals surface area contributed by atoms with Crippen LogP contribution in [0, 0.1) is 0 Å². The third-order valence-corrected chi connectivity index (χ3v) is 4.95. The average molecular weight is 447 g/mol. The van der Waals surface area contributed by atoms with Gasteiger partial charge in [-0.3, -0.25) is 9.59 Å². The highest BCUT2D eigenvalue weighted by atomic mass is 79.9. The average Bonchev–Trinajstić information content (AvgIpc) is 2.70. The number of ether oxygens (including phenoxy) is 1. The number of amides is 2. The standard InChI is InChI=1S/C22H27BrN2O3/c1-4-17-9-11-20(12-10-17)28-15-21(26)25(16(3)22(27)24-5-2)14-18-7-6-8-19(23)13-18/h6-13,16H,4-5,14-15H2,1-3H3,(H,24,27)/t16-/m1/s1. The zero-order valence-electron chi connectivity index (χ0n) is 16.6. The van der Waals surface area contributed by atoms with Crippen molar-refractivity contribution in [3.63, 3.8) is 0 Å². The molecule has 0 spiro atoms. The highest BCUT2D eigenvalue weighted by Crippen LogP contribution is 2.17. The molecule has 2 rings (SSSR count). The number of nitrogens with zero attached hydrogens (tertiary/aromatic N) is 1. The quantitative estimate of drug-likeness (QED) is 0.634. The lowest BCUT2D eigenvalue weighted by Crippen LogP contribution is -2.49. The van der Waals surface area contributed by atoms with Gasteiger partial charge in [-0.2, -0.15) is 0 Å². The fourth-order valence-electron chi connectivity index (χ4n) is 2.79. The molecule has 0 heterocycles. The van der Waals surface area contributed by atoms with Crippen LogP contribution in [0.3, 0.4) is 0 Å². The summed E-state index contributed by atoms with van der Waals surface area (Å²) in [4.78, 5) is 26.8. The summed E-state index contributed by atoms with van der Waals surface area (Å²) in [6.07, 6.45) is 0.948. The van der Waals surface area contributed by atoms with Crippen molar-refractivity contribution >= 4 is 27.7 Å². The lowest BCUT2D eigenvalue weighted by Gasteiger charge is -2.28. The second-order valence-electron chi connectivity index (χ2n) is 6.51. The Morgan fingerprint density at radius 3 is 2.43 bits per heavy atom. The fraction of sp³-hybridized carbons (Fsp3) is 0.364. The maximum absolute atomic E-state index is 12.9. The number of rotatable bonds is 9. The third-order valence-electron chi connectivity index (χ3n) is 4.45. The number of carbonyl (C=O) groups is 2. The predicted molar refractivity (Wildman–Crippen MR) is 114 cm³/mol. The Morgan fingerprint density at radius 2 is 1.82 bits per heavy atom. The molecule has 2 aromatic carbocycles. The summed E-state index contributed by atoms with van der Waals surface area (Å²) in [5, 5.41) is 2.78. The van der Waals surface area contributed by atoms with Crippen LogP contribution in [0.15, 0.2) is 53.0 Å². The van der Waals surface area contributed by atoms with Gasteiger partial charge in [0.15, 0.2) is 6.61 Å². The molecule has 0 aliphatic rings. The van der Waals surface area contributed by atoms with E-state index in [1.807, 2.05) is 55.5 Å². The first-order valence-electron chi connectivity index (χ1n) is 9.48. The summed E-state index contributed by atoms with van der Waals surface area (Å²) >= 11 is 3.45. The van der Waals surface area contributed by atoms with E-state index in [9.17, 15) is 9.59 Å². The second kappa shape index (κ2) is 10.9. The first-order valence-corrected chi connectivity index (χ1v) is 10.3. The topological polar surface area (TPSA) is 58.6 Å². The van der Waals surface area contributed by atoms with Gasteiger partial charge in [-0.05, 0) is 55.7 Å². The number of hydrogen-bond donors (Lipinski definition) is 1. The zero-order chi connectivity index (χ0) is 20.5. The monoisotopic (exact) mass is 446 g/mol. The molecule has 0 aliphatic carbocycles. The molecule has 1 atom stereocenters. The summed E-state index contributed by atoms with van der Waals surface area (Å²) < 4.78 is 6.59. The van der Waals surface area contributed by atoms with E-state index in [1.165, 1.54) is 5.56 Å². The first-order chi connectivity index (χ1) is 13.4. The molecule has 1 N–H and O–H groups in total. The molecule has 0 bridgehead atoms. The van der Waals surface area contributed by atoms with E-state index in [1.54, 1.807) is 11.8 Å². The largest absolute Gasteiger partial charge is 0.484 e. The fourth-order valence-corrected chi connectivity index (χ4v) is 3.23. The Kier molecular flexibility index (Phi) is 8.51. The molecular formula is C22H27BrN2O3. The van der Waals surface area contributed by atoms with Crippen LogP contribution < -0.4 is 10.1 Å². The highest BCUT2D eigenvalue weighted by molar-refractivity contribution is 9.10. The van der Waals surface area contributed by atoms with Crippen molar-refractivity contribution in [3.8, 4) is 5.75 Å². The first kappa shape index (κ1) is 22.0. The molecule has 5 nitrogen and oxygen atoms in total. The molecule has 6 heteroatoms. The maximum Gasteiger partial charge on any atom is 0.261 e. The summed E-state index contributed by atoms with van der Waals surface area (Å²) in [5.74, 6) is 0.218. The number of nitrogens with one attached hydrogen (secondary N) is 1. The lowest BCUT2D eigenvalue weighted by molar-refractivity contribution is -0.142. The molecule has 28 heavy (non-hydrogen) atoms. The van der Waals surface area contributed by atoms with Crippen LogP contribution in [0.5, 0.6) is 5.75 Å². The number of halogens is 1. The second-order valence-corrected chi connectivity index (χ2v) is 7.42. The van der Waals surface area contributed by atoms with Crippen molar-refractivity contribution in [2.45, 2.75) is 39.8 Å².